The summed E-state index contributed by atoms with van der Waals surface area (Å²) in [4.78, 5) is 15.0. The van der Waals surface area contributed by atoms with Crippen LogP contribution in [0.5, 0.6) is 5.75 Å². The molecule has 2 aliphatic rings. The highest BCUT2D eigenvalue weighted by molar-refractivity contribution is 5.50. The Morgan fingerprint density at radius 2 is 1.84 bits per heavy atom. The lowest BCUT2D eigenvalue weighted by Crippen LogP contribution is -2.20. The molecule has 1 aromatic carbocycles. The maximum atomic E-state index is 10.8. The Kier molecular flexibility index (Phi) is 3.16. The molecule has 0 radical (unpaired) electrons. The van der Waals surface area contributed by atoms with E-state index in [2.05, 4.69) is 17.1 Å². The number of hydrogen-bond donors (Lipinski definition) is 0. The number of nitrogens with zero attached hydrogens (tertiary/aromatic N) is 1. The highest BCUT2D eigenvalue weighted by Gasteiger charge is 2.38. The predicted octanol–water partition coefficient (Wildman–Crippen LogP) is 3.29. The van der Waals surface area contributed by atoms with E-state index < -0.39 is 0 Å². The quantitative estimate of drug-likeness (QED) is 0.615. The number of rotatable bonds is 3. The van der Waals surface area contributed by atoms with Crippen molar-refractivity contribution in [1.29, 1.82) is 0 Å². The molecule has 100 valence electrons. The molecule has 0 unspecified atom stereocenters. The largest absolute Gasteiger partial charge is 0.496 e. The number of ether oxygens (including phenoxy) is 1. The van der Waals surface area contributed by atoms with Gasteiger partial charge in [-0.25, -0.2) is 4.79 Å². The maximum absolute atomic E-state index is 10.8. The summed E-state index contributed by atoms with van der Waals surface area (Å²) < 4.78 is 5.56. The fraction of sp³-hybridized carbons (Fsp3) is 0.562. The van der Waals surface area contributed by atoms with Crippen molar-refractivity contribution < 1.29 is 9.53 Å². The second kappa shape index (κ2) is 4.82. The molecule has 0 saturated heterocycles. The molecule has 0 amide bonds. The van der Waals surface area contributed by atoms with Gasteiger partial charge in [-0.1, -0.05) is 12.8 Å². The Balaban J connectivity index is 2.15. The topological polar surface area (TPSA) is 38.7 Å². The number of benzene rings is 1. The molecule has 3 rings (SSSR count). The summed E-state index contributed by atoms with van der Waals surface area (Å²) in [5.41, 5.74) is 3.51. The van der Waals surface area contributed by atoms with Gasteiger partial charge in [0.05, 0.1) is 7.11 Å². The van der Waals surface area contributed by atoms with E-state index in [1.54, 1.807) is 13.2 Å². The Bertz CT molecular complexity index is 538. The third-order valence-corrected chi connectivity index (χ3v) is 4.61. The minimum absolute atomic E-state index is 0.384. The van der Waals surface area contributed by atoms with E-state index in [4.69, 9.17) is 4.74 Å². The number of aryl methyl sites for hydroxylation is 2. The fourth-order valence-electron chi connectivity index (χ4n) is 3.62. The first-order valence-corrected chi connectivity index (χ1v) is 7.08. The van der Waals surface area contributed by atoms with E-state index in [1.807, 2.05) is 0 Å². The van der Waals surface area contributed by atoms with Gasteiger partial charge in [0.25, 0.3) is 0 Å². The maximum Gasteiger partial charge on any atom is 0.235 e. The molecule has 3 nitrogen and oxygen atoms in total. The normalized spacial score (nSPS) is 19.8. The number of carbonyl (C=O) groups excluding carboxylic acids is 1. The third-order valence-electron chi connectivity index (χ3n) is 4.61. The van der Waals surface area contributed by atoms with Gasteiger partial charge in [0, 0.05) is 5.56 Å². The van der Waals surface area contributed by atoms with E-state index in [-0.39, 0.29) is 5.54 Å². The van der Waals surface area contributed by atoms with Gasteiger partial charge in [0.15, 0.2) is 0 Å². The molecule has 1 fully saturated rings. The molecule has 0 aromatic heterocycles. The number of methoxy groups -OCH3 is 1. The van der Waals surface area contributed by atoms with Crippen LogP contribution in [-0.4, -0.2) is 13.2 Å². The van der Waals surface area contributed by atoms with Crippen molar-refractivity contribution >= 4 is 6.08 Å². The summed E-state index contributed by atoms with van der Waals surface area (Å²) >= 11 is 0. The smallest absolute Gasteiger partial charge is 0.235 e. The van der Waals surface area contributed by atoms with Crippen LogP contribution in [0.2, 0.25) is 0 Å². The van der Waals surface area contributed by atoms with E-state index >= 15 is 0 Å². The molecule has 0 aliphatic heterocycles. The van der Waals surface area contributed by atoms with Crippen molar-refractivity contribution in [1.82, 2.24) is 0 Å². The molecule has 19 heavy (non-hydrogen) atoms. The first-order valence-electron chi connectivity index (χ1n) is 7.08. The average molecular weight is 257 g/mol. The van der Waals surface area contributed by atoms with Crippen LogP contribution in [0, 0.1) is 0 Å². The monoisotopic (exact) mass is 257 g/mol. The van der Waals surface area contributed by atoms with Crippen molar-refractivity contribution in [3.63, 3.8) is 0 Å². The summed E-state index contributed by atoms with van der Waals surface area (Å²) in [6, 6.07) is 4.38. The lowest BCUT2D eigenvalue weighted by Gasteiger charge is -2.26. The van der Waals surface area contributed by atoms with Gasteiger partial charge in [0.1, 0.15) is 11.3 Å². The summed E-state index contributed by atoms with van der Waals surface area (Å²) in [7, 11) is 1.70. The van der Waals surface area contributed by atoms with Crippen molar-refractivity contribution in [2.75, 3.05) is 7.11 Å². The lowest BCUT2D eigenvalue weighted by molar-refractivity contribution is 0.379. The standard InChI is InChI=1S/C16H19NO2/c1-19-15-10-13-6-4-5-12(13)9-14(15)16(17-11-18)7-2-3-8-16/h9-10H,2-8H2,1H3. The van der Waals surface area contributed by atoms with Gasteiger partial charge in [0.2, 0.25) is 6.08 Å². The van der Waals surface area contributed by atoms with Crippen LogP contribution in [0.4, 0.5) is 0 Å². The molecule has 0 spiro atoms. The number of aliphatic imine (C=N–C) groups is 1. The van der Waals surface area contributed by atoms with E-state index in [0.717, 1.165) is 49.8 Å². The Hall–Kier alpha value is -1.60. The summed E-state index contributed by atoms with van der Waals surface area (Å²) in [6.45, 7) is 0. The average Bonchev–Trinajstić information content (AvgIpc) is 3.06. The van der Waals surface area contributed by atoms with Crippen LogP contribution in [-0.2, 0) is 23.2 Å². The van der Waals surface area contributed by atoms with Crippen molar-refractivity contribution in [2.24, 2.45) is 4.99 Å². The number of hydrogen-bond acceptors (Lipinski definition) is 3. The van der Waals surface area contributed by atoms with Crippen molar-refractivity contribution in [3.8, 4) is 5.75 Å². The molecule has 0 bridgehead atoms. The summed E-state index contributed by atoms with van der Waals surface area (Å²) in [5.74, 6) is 0.890. The van der Waals surface area contributed by atoms with Crippen LogP contribution in [0.1, 0.15) is 48.8 Å². The summed E-state index contributed by atoms with van der Waals surface area (Å²) in [6.07, 6.45) is 9.36. The van der Waals surface area contributed by atoms with Crippen molar-refractivity contribution in [2.45, 2.75) is 50.5 Å². The zero-order valence-electron chi connectivity index (χ0n) is 11.4. The Morgan fingerprint density at radius 3 is 2.47 bits per heavy atom. The molecular weight excluding hydrogens is 238 g/mol. The van der Waals surface area contributed by atoms with Crippen LogP contribution in [0.15, 0.2) is 17.1 Å². The van der Waals surface area contributed by atoms with Gasteiger partial charge in [-0.15, -0.1) is 0 Å². The molecule has 0 N–H and O–H groups in total. The van der Waals surface area contributed by atoms with Crippen LogP contribution in [0.3, 0.4) is 0 Å². The lowest BCUT2D eigenvalue weighted by atomic mass is 9.86. The molecule has 2 aliphatic carbocycles. The highest BCUT2D eigenvalue weighted by atomic mass is 16.5. The van der Waals surface area contributed by atoms with Gasteiger partial charge >= 0.3 is 0 Å². The van der Waals surface area contributed by atoms with Crippen LogP contribution in [0.25, 0.3) is 0 Å². The first-order chi connectivity index (χ1) is 9.29. The predicted molar refractivity (Wildman–Crippen MR) is 73.3 cm³/mol. The molecule has 0 heterocycles. The molecule has 0 atom stereocenters. The molecule has 1 aromatic rings. The SMILES string of the molecule is COc1cc2c(cc1C1(N=C=O)CCCC1)CCC2. The van der Waals surface area contributed by atoms with Gasteiger partial charge in [-0.05, 0) is 55.4 Å². The zero-order valence-corrected chi connectivity index (χ0v) is 11.4. The number of isocyanates is 1. The fourth-order valence-corrected chi connectivity index (χ4v) is 3.62. The van der Waals surface area contributed by atoms with E-state index in [9.17, 15) is 4.79 Å². The second-order valence-electron chi connectivity index (χ2n) is 5.62. The van der Waals surface area contributed by atoms with E-state index in [1.165, 1.54) is 17.5 Å². The summed E-state index contributed by atoms with van der Waals surface area (Å²) in [5, 5.41) is 0. The van der Waals surface area contributed by atoms with Crippen LogP contribution < -0.4 is 4.74 Å². The van der Waals surface area contributed by atoms with E-state index in [0.29, 0.717) is 0 Å². The Labute approximate surface area is 113 Å². The first kappa shape index (κ1) is 12.4. The molecule has 3 heteroatoms. The van der Waals surface area contributed by atoms with Gasteiger partial charge in [-0.3, -0.25) is 0 Å². The molecular formula is C16H19NO2. The van der Waals surface area contributed by atoms with Crippen LogP contribution >= 0.6 is 0 Å². The van der Waals surface area contributed by atoms with Gasteiger partial charge in [-0.2, -0.15) is 4.99 Å². The Morgan fingerprint density at radius 1 is 1.16 bits per heavy atom. The minimum Gasteiger partial charge on any atom is -0.496 e. The second-order valence-corrected chi connectivity index (χ2v) is 5.62. The third kappa shape index (κ3) is 1.98. The minimum atomic E-state index is -0.384. The van der Waals surface area contributed by atoms with Gasteiger partial charge < -0.3 is 4.74 Å². The van der Waals surface area contributed by atoms with Crippen molar-refractivity contribution in [3.05, 3.63) is 28.8 Å². The molecule has 1 saturated carbocycles. The zero-order chi connectivity index (χ0) is 13.3. The number of fused-ring (bicyclic) bond motifs is 1. The highest BCUT2D eigenvalue weighted by Crippen LogP contribution is 2.47.